The number of aryl methyl sites for hydroxylation is 1. The number of para-hydroxylation sites is 2. The lowest BCUT2D eigenvalue weighted by atomic mass is 10.1. The summed E-state index contributed by atoms with van der Waals surface area (Å²) in [5, 5.41) is 5.00. The molecule has 0 aliphatic rings. The molecule has 5 rings (SSSR count). The normalized spacial score (nSPS) is 11.5. The van der Waals surface area contributed by atoms with Crippen molar-refractivity contribution in [3.05, 3.63) is 72.2 Å². The molecule has 2 aromatic carbocycles. The number of benzene rings is 2. The highest BCUT2D eigenvalue weighted by Crippen LogP contribution is 2.29. The quantitative estimate of drug-likeness (QED) is 0.315. The highest BCUT2D eigenvalue weighted by Gasteiger charge is 2.17. The maximum absolute atomic E-state index is 12.6. The number of carbonyl (C=O) groups is 1. The van der Waals surface area contributed by atoms with Gasteiger partial charge in [-0.2, -0.15) is 0 Å². The molecule has 5 aromatic rings. The molecule has 0 atom stereocenters. The number of anilines is 1. The third-order valence-electron chi connectivity index (χ3n) is 6.17. The SMILES string of the molecule is COCCc1nc2c(N)nc3ccccc3c2n1CCCCNC(=O)c1cnc2ccccc2c1. The Morgan fingerprint density at radius 2 is 1.86 bits per heavy atom. The number of amides is 1. The van der Waals surface area contributed by atoms with Crippen molar-refractivity contribution >= 4 is 44.6 Å². The molecular formula is C27H28N6O2. The van der Waals surface area contributed by atoms with Gasteiger partial charge in [0.1, 0.15) is 11.3 Å². The maximum Gasteiger partial charge on any atom is 0.252 e. The van der Waals surface area contributed by atoms with E-state index in [9.17, 15) is 4.79 Å². The van der Waals surface area contributed by atoms with Crippen LogP contribution in [-0.2, 0) is 17.7 Å². The van der Waals surface area contributed by atoms with Gasteiger partial charge < -0.3 is 20.4 Å². The van der Waals surface area contributed by atoms with Gasteiger partial charge in [-0.1, -0.05) is 36.4 Å². The Morgan fingerprint density at radius 3 is 2.71 bits per heavy atom. The van der Waals surface area contributed by atoms with Crippen LogP contribution in [0.4, 0.5) is 5.82 Å². The van der Waals surface area contributed by atoms with Crippen LogP contribution in [0.2, 0.25) is 0 Å². The summed E-state index contributed by atoms with van der Waals surface area (Å²) in [5.74, 6) is 1.26. The monoisotopic (exact) mass is 468 g/mol. The van der Waals surface area contributed by atoms with Gasteiger partial charge in [0.25, 0.3) is 5.91 Å². The smallest absolute Gasteiger partial charge is 0.252 e. The van der Waals surface area contributed by atoms with E-state index < -0.39 is 0 Å². The van der Waals surface area contributed by atoms with Gasteiger partial charge in [-0.15, -0.1) is 0 Å². The van der Waals surface area contributed by atoms with Crippen molar-refractivity contribution in [3.8, 4) is 0 Å². The summed E-state index contributed by atoms with van der Waals surface area (Å²) in [7, 11) is 1.69. The first-order valence-electron chi connectivity index (χ1n) is 11.8. The van der Waals surface area contributed by atoms with E-state index in [1.807, 2.05) is 48.5 Å². The van der Waals surface area contributed by atoms with Crippen LogP contribution in [-0.4, -0.2) is 45.7 Å². The highest BCUT2D eigenvalue weighted by atomic mass is 16.5. The van der Waals surface area contributed by atoms with E-state index >= 15 is 0 Å². The van der Waals surface area contributed by atoms with Gasteiger partial charge in [-0.3, -0.25) is 9.78 Å². The molecule has 8 nitrogen and oxygen atoms in total. The fourth-order valence-corrected chi connectivity index (χ4v) is 4.42. The number of carbonyl (C=O) groups excluding carboxylic acids is 1. The number of nitrogens with zero attached hydrogens (tertiary/aromatic N) is 4. The van der Waals surface area contributed by atoms with Crippen LogP contribution in [0.15, 0.2) is 60.8 Å². The molecule has 0 saturated carbocycles. The van der Waals surface area contributed by atoms with E-state index in [-0.39, 0.29) is 5.91 Å². The largest absolute Gasteiger partial charge is 0.384 e. The number of rotatable bonds is 9. The summed E-state index contributed by atoms with van der Waals surface area (Å²) >= 11 is 0. The number of aromatic nitrogens is 4. The van der Waals surface area contributed by atoms with Crippen molar-refractivity contribution in [3.63, 3.8) is 0 Å². The molecule has 0 aliphatic carbocycles. The van der Waals surface area contributed by atoms with Crippen LogP contribution in [0, 0.1) is 0 Å². The Balaban J connectivity index is 1.29. The number of methoxy groups -OCH3 is 1. The molecule has 3 N–H and O–H groups in total. The second kappa shape index (κ2) is 10.1. The van der Waals surface area contributed by atoms with Gasteiger partial charge in [0.05, 0.1) is 28.7 Å². The minimum Gasteiger partial charge on any atom is -0.384 e. The van der Waals surface area contributed by atoms with Crippen LogP contribution in [0.25, 0.3) is 32.8 Å². The first-order chi connectivity index (χ1) is 17.2. The van der Waals surface area contributed by atoms with E-state index in [0.29, 0.717) is 31.0 Å². The molecule has 3 aromatic heterocycles. The van der Waals surface area contributed by atoms with Crippen molar-refractivity contribution in [2.75, 3.05) is 26.0 Å². The van der Waals surface area contributed by atoms with Crippen molar-refractivity contribution in [2.24, 2.45) is 0 Å². The predicted molar refractivity (Wildman–Crippen MR) is 138 cm³/mol. The Kier molecular flexibility index (Phi) is 6.54. The average Bonchev–Trinajstić information content (AvgIpc) is 3.26. The van der Waals surface area contributed by atoms with Gasteiger partial charge in [-0.05, 0) is 31.0 Å². The fourth-order valence-electron chi connectivity index (χ4n) is 4.42. The van der Waals surface area contributed by atoms with Crippen molar-refractivity contribution in [1.82, 2.24) is 24.8 Å². The number of fused-ring (bicyclic) bond motifs is 4. The molecule has 0 saturated heterocycles. The Hall–Kier alpha value is -4.04. The second-order valence-electron chi connectivity index (χ2n) is 8.51. The second-order valence-corrected chi connectivity index (χ2v) is 8.51. The Morgan fingerprint density at radius 1 is 1.06 bits per heavy atom. The van der Waals surface area contributed by atoms with Gasteiger partial charge in [-0.25, -0.2) is 9.97 Å². The number of hydrogen-bond acceptors (Lipinski definition) is 6. The fraction of sp³-hybridized carbons (Fsp3) is 0.259. The topological polar surface area (TPSA) is 108 Å². The van der Waals surface area contributed by atoms with Crippen LogP contribution >= 0.6 is 0 Å². The summed E-state index contributed by atoms with van der Waals surface area (Å²) in [4.78, 5) is 26.3. The van der Waals surface area contributed by atoms with E-state index in [4.69, 9.17) is 15.5 Å². The first-order valence-corrected chi connectivity index (χ1v) is 11.8. The number of nitrogen functional groups attached to an aromatic ring is 1. The summed E-state index contributed by atoms with van der Waals surface area (Å²) < 4.78 is 7.53. The van der Waals surface area contributed by atoms with Gasteiger partial charge in [0.2, 0.25) is 0 Å². The maximum atomic E-state index is 12.6. The summed E-state index contributed by atoms with van der Waals surface area (Å²) in [6.45, 7) is 1.91. The molecule has 178 valence electrons. The molecule has 35 heavy (non-hydrogen) atoms. The zero-order valence-corrected chi connectivity index (χ0v) is 19.7. The van der Waals surface area contributed by atoms with E-state index in [2.05, 4.69) is 25.9 Å². The number of hydrogen-bond donors (Lipinski definition) is 2. The Labute approximate surface area is 203 Å². The van der Waals surface area contributed by atoms with E-state index in [1.54, 1.807) is 13.3 Å². The third kappa shape index (κ3) is 4.65. The van der Waals surface area contributed by atoms with Gasteiger partial charge in [0.15, 0.2) is 5.82 Å². The highest BCUT2D eigenvalue weighted by molar-refractivity contribution is 6.06. The van der Waals surface area contributed by atoms with Crippen molar-refractivity contribution in [2.45, 2.75) is 25.8 Å². The lowest BCUT2D eigenvalue weighted by Gasteiger charge is -2.11. The number of pyridine rings is 2. The molecule has 0 fully saturated rings. The van der Waals surface area contributed by atoms with E-state index in [0.717, 1.165) is 58.1 Å². The predicted octanol–water partition coefficient (Wildman–Crippen LogP) is 4.11. The number of ether oxygens (including phenoxy) is 1. The molecule has 0 spiro atoms. The zero-order valence-electron chi connectivity index (χ0n) is 19.7. The lowest BCUT2D eigenvalue weighted by Crippen LogP contribution is -2.24. The van der Waals surface area contributed by atoms with Crippen molar-refractivity contribution < 1.29 is 9.53 Å². The number of nitrogens with one attached hydrogen (secondary N) is 1. The van der Waals surface area contributed by atoms with E-state index in [1.165, 1.54) is 0 Å². The molecule has 8 heteroatoms. The summed E-state index contributed by atoms with van der Waals surface area (Å²) in [6.07, 6.45) is 4.01. The molecule has 0 unspecified atom stereocenters. The average molecular weight is 469 g/mol. The standard InChI is InChI=1S/C27H28N6O2/c1-35-15-12-23-32-24-25(20-9-3-5-11-22(20)31-26(24)28)33(23)14-7-6-13-29-27(34)19-16-18-8-2-4-10-21(18)30-17-19/h2-5,8-11,16-17H,6-7,12-15H2,1H3,(H2,28,31)(H,29,34). The minimum absolute atomic E-state index is 0.109. The van der Waals surface area contributed by atoms with Crippen molar-refractivity contribution in [1.29, 1.82) is 0 Å². The molecular weight excluding hydrogens is 440 g/mol. The molecule has 0 bridgehead atoms. The van der Waals surface area contributed by atoms with Crippen LogP contribution in [0.3, 0.4) is 0 Å². The minimum atomic E-state index is -0.109. The number of nitrogens with two attached hydrogens (primary N) is 1. The number of imidazole rings is 1. The lowest BCUT2D eigenvalue weighted by molar-refractivity contribution is 0.0952. The van der Waals surface area contributed by atoms with Crippen LogP contribution in [0.1, 0.15) is 29.0 Å². The van der Waals surface area contributed by atoms with Crippen LogP contribution in [0.5, 0.6) is 0 Å². The van der Waals surface area contributed by atoms with Crippen LogP contribution < -0.4 is 11.1 Å². The summed E-state index contributed by atoms with van der Waals surface area (Å²) in [6, 6.07) is 17.6. The molecule has 3 heterocycles. The first kappa shape index (κ1) is 22.7. The zero-order chi connectivity index (χ0) is 24.2. The molecule has 0 aliphatic heterocycles. The van der Waals surface area contributed by atoms with Gasteiger partial charge >= 0.3 is 0 Å². The molecule has 0 radical (unpaired) electrons. The number of unbranched alkanes of at least 4 members (excludes halogenated alkanes) is 1. The van der Waals surface area contributed by atoms with Gasteiger partial charge in [0, 0.05) is 43.6 Å². The third-order valence-corrected chi connectivity index (χ3v) is 6.17. The summed E-state index contributed by atoms with van der Waals surface area (Å²) in [5.41, 5.74) is 10.3. The molecule has 1 amide bonds. The Bertz CT molecular complexity index is 1510.